The second-order valence-electron chi connectivity index (χ2n) is 8.36. The summed E-state index contributed by atoms with van der Waals surface area (Å²) in [5.74, 6) is 0.482. The SMILES string of the molecule is O=C(c1ccc(=O)n(-c2ccccc2)n1)N1CCC(CN2CCc3ccccc32)CC1. The zero-order valence-electron chi connectivity index (χ0n) is 17.5. The predicted molar refractivity (Wildman–Crippen MR) is 121 cm³/mol. The van der Waals surface area contributed by atoms with Crippen molar-refractivity contribution in [1.82, 2.24) is 14.7 Å². The van der Waals surface area contributed by atoms with Gasteiger partial charge in [0.2, 0.25) is 0 Å². The van der Waals surface area contributed by atoms with Crippen molar-refractivity contribution in [3.63, 3.8) is 0 Å². The Morgan fingerprint density at radius 3 is 2.45 bits per heavy atom. The molecule has 0 radical (unpaired) electrons. The number of piperidine rings is 1. The Morgan fingerprint density at radius 1 is 0.903 bits per heavy atom. The molecule has 0 unspecified atom stereocenters. The summed E-state index contributed by atoms with van der Waals surface area (Å²) in [5, 5.41) is 4.35. The molecule has 6 heteroatoms. The van der Waals surface area contributed by atoms with E-state index in [2.05, 4.69) is 34.3 Å². The van der Waals surface area contributed by atoms with Gasteiger partial charge in [-0.25, -0.2) is 0 Å². The smallest absolute Gasteiger partial charge is 0.274 e. The summed E-state index contributed by atoms with van der Waals surface area (Å²) in [7, 11) is 0. The summed E-state index contributed by atoms with van der Waals surface area (Å²) < 4.78 is 1.30. The van der Waals surface area contributed by atoms with Crippen molar-refractivity contribution in [2.75, 3.05) is 31.1 Å². The predicted octanol–water partition coefficient (Wildman–Crippen LogP) is 3.15. The van der Waals surface area contributed by atoms with Crippen LogP contribution in [0, 0.1) is 5.92 Å². The number of likely N-dealkylation sites (tertiary alicyclic amines) is 1. The van der Waals surface area contributed by atoms with Crippen molar-refractivity contribution in [2.45, 2.75) is 19.3 Å². The molecule has 2 aliphatic heterocycles. The number of nitrogens with zero attached hydrogens (tertiary/aromatic N) is 4. The van der Waals surface area contributed by atoms with E-state index in [1.54, 1.807) is 0 Å². The van der Waals surface area contributed by atoms with Gasteiger partial charge in [-0.2, -0.15) is 9.78 Å². The molecular formula is C25H26N4O2. The highest BCUT2D eigenvalue weighted by Crippen LogP contribution is 2.30. The van der Waals surface area contributed by atoms with Crippen molar-refractivity contribution < 1.29 is 4.79 Å². The third kappa shape index (κ3) is 3.98. The van der Waals surface area contributed by atoms with Crippen LogP contribution in [0.1, 0.15) is 28.9 Å². The molecule has 1 amide bonds. The first-order valence-electron chi connectivity index (χ1n) is 11.0. The second kappa shape index (κ2) is 8.38. The lowest BCUT2D eigenvalue weighted by molar-refractivity contribution is 0.0685. The molecule has 0 bridgehead atoms. The number of hydrogen-bond donors (Lipinski definition) is 0. The molecule has 0 spiro atoms. The maximum Gasteiger partial charge on any atom is 0.274 e. The molecule has 1 saturated heterocycles. The van der Waals surface area contributed by atoms with Gasteiger partial charge in [-0.1, -0.05) is 36.4 Å². The molecule has 0 N–H and O–H groups in total. The summed E-state index contributed by atoms with van der Waals surface area (Å²) >= 11 is 0. The molecule has 0 saturated carbocycles. The van der Waals surface area contributed by atoms with Crippen molar-refractivity contribution >= 4 is 11.6 Å². The van der Waals surface area contributed by atoms with Crippen LogP contribution in [0.3, 0.4) is 0 Å². The summed E-state index contributed by atoms with van der Waals surface area (Å²) in [4.78, 5) is 29.7. The van der Waals surface area contributed by atoms with E-state index in [4.69, 9.17) is 0 Å². The Hall–Kier alpha value is -3.41. The normalized spacial score (nSPS) is 16.4. The molecule has 3 heterocycles. The number of fused-ring (bicyclic) bond motifs is 1. The topological polar surface area (TPSA) is 58.4 Å². The standard InChI is InChI=1S/C25H26N4O2/c30-24-11-10-22(26-29(24)21-7-2-1-3-8-21)25(31)27-15-12-19(13-16-27)18-28-17-14-20-6-4-5-9-23(20)28/h1-11,19H,12-18H2. The van der Waals surface area contributed by atoms with Crippen molar-refractivity contribution in [1.29, 1.82) is 0 Å². The van der Waals surface area contributed by atoms with Gasteiger partial charge in [0.15, 0.2) is 0 Å². The van der Waals surface area contributed by atoms with Gasteiger partial charge in [-0.15, -0.1) is 0 Å². The number of anilines is 1. The molecule has 1 aromatic heterocycles. The van der Waals surface area contributed by atoms with E-state index in [-0.39, 0.29) is 11.5 Å². The van der Waals surface area contributed by atoms with Gasteiger partial charge in [0.05, 0.1) is 5.69 Å². The van der Waals surface area contributed by atoms with Gasteiger partial charge in [0, 0.05) is 37.9 Å². The van der Waals surface area contributed by atoms with Crippen LogP contribution < -0.4 is 10.5 Å². The van der Waals surface area contributed by atoms with Gasteiger partial charge in [-0.3, -0.25) is 9.59 Å². The number of aromatic nitrogens is 2. The third-order valence-electron chi connectivity index (χ3n) is 6.38. The monoisotopic (exact) mass is 414 g/mol. The van der Waals surface area contributed by atoms with Crippen molar-refractivity contribution in [3.05, 3.63) is 88.3 Å². The van der Waals surface area contributed by atoms with Gasteiger partial charge < -0.3 is 9.80 Å². The first kappa shape index (κ1) is 19.5. The Morgan fingerprint density at radius 2 is 1.65 bits per heavy atom. The minimum atomic E-state index is -0.243. The molecule has 158 valence electrons. The molecule has 2 aliphatic rings. The molecule has 3 aromatic rings. The number of amides is 1. The lowest BCUT2D eigenvalue weighted by Crippen LogP contribution is -2.42. The third-order valence-corrected chi connectivity index (χ3v) is 6.38. The number of benzene rings is 2. The molecule has 2 aromatic carbocycles. The number of carbonyl (C=O) groups is 1. The Kier molecular flexibility index (Phi) is 5.28. The second-order valence-corrected chi connectivity index (χ2v) is 8.36. The molecule has 5 rings (SSSR count). The highest BCUT2D eigenvalue weighted by molar-refractivity contribution is 5.92. The maximum absolute atomic E-state index is 13.0. The van der Waals surface area contributed by atoms with Crippen LogP contribution in [-0.4, -0.2) is 46.8 Å². The van der Waals surface area contributed by atoms with Crippen LogP contribution in [0.4, 0.5) is 5.69 Å². The molecule has 1 fully saturated rings. The lowest BCUT2D eigenvalue weighted by atomic mass is 9.96. The van der Waals surface area contributed by atoms with Crippen molar-refractivity contribution in [2.24, 2.45) is 5.92 Å². The first-order valence-corrected chi connectivity index (χ1v) is 11.0. The van der Waals surface area contributed by atoms with Gasteiger partial charge in [0.25, 0.3) is 11.5 Å². The molecule has 0 aliphatic carbocycles. The summed E-state index contributed by atoms with van der Waals surface area (Å²) in [5.41, 5.74) is 3.54. The molecular weight excluding hydrogens is 388 g/mol. The number of rotatable bonds is 4. The van der Waals surface area contributed by atoms with Crippen LogP contribution in [0.25, 0.3) is 5.69 Å². The highest BCUT2D eigenvalue weighted by Gasteiger charge is 2.28. The zero-order chi connectivity index (χ0) is 21.2. The number of carbonyl (C=O) groups excluding carboxylic acids is 1. The van der Waals surface area contributed by atoms with E-state index in [9.17, 15) is 9.59 Å². The van der Waals surface area contributed by atoms with E-state index in [1.807, 2.05) is 35.2 Å². The summed E-state index contributed by atoms with van der Waals surface area (Å²) in [6.07, 6.45) is 3.10. The maximum atomic E-state index is 13.0. The first-order chi connectivity index (χ1) is 15.2. The van der Waals surface area contributed by atoms with E-state index in [0.717, 1.165) is 45.4 Å². The van der Waals surface area contributed by atoms with E-state index < -0.39 is 0 Å². The average molecular weight is 415 g/mol. The van der Waals surface area contributed by atoms with Crippen LogP contribution >= 0.6 is 0 Å². The Bertz CT molecular complexity index is 1130. The molecule has 6 nitrogen and oxygen atoms in total. The lowest BCUT2D eigenvalue weighted by Gasteiger charge is -2.34. The van der Waals surface area contributed by atoms with E-state index in [1.165, 1.54) is 28.1 Å². The van der Waals surface area contributed by atoms with E-state index in [0.29, 0.717) is 17.3 Å². The minimum Gasteiger partial charge on any atom is -0.371 e. The van der Waals surface area contributed by atoms with Crippen LogP contribution in [0.15, 0.2) is 71.5 Å². The van der Waals surface area contributed by atoms with Gasteiger partial charge >= 0.3 is 0 Å². The van der Waals surface area contributed by atoms with Crippen LogP contribution in [0.2, 0.25) is 0 Å². The molecule has 0 atom stereocenters. The molecule has 31 heavy (non-hydrogen) atoms. The number of hydrogen-bond acceptors (Lipinski definition) is 4. The Balaban J connectivity index is 1.23. The van der Waals surface area contributed by atoms with E-state index >= 15 is 0 Å². The quantitative estimate of drug-likeness (QED) is 0.658. The van der Waals surface area contributed by atoms with Crippen LogP contribution in [-0.2, 0) is 6.42 Å². The average Bonchev–Trinajstić information content (AvgIpc) is 3.23. The van der Waals surface area contributed by atoms with Crippen LogP contribution in [0.5, 0.6) is 0 Å². The highest BCUT2D eigenvalue weighted by atomic mass is 16.2. The summed E-state index contributed by atoms with van der Waals surface area (Å²) in [6, 6.07) is 20.8. The largest absolute Gasteiger partial charge is 0.371 e. The summed E-state index contributed by atoms with van der Waals surface area (Å²) in [6.45, 7) is 3.59. The fraction of sp³-hybridized carbons (Fsp3) is 0.320. The minimum absolute atomic E-state index is 0.102. The number of para-hydroxylation sites is 2. The fourth-order valence-corrected chi connectivity index (χ4v) is 4.67. The zero-order valence-corrected chi connectivity index (χ0v) is 17.5. The fourth-order valence-electron chi connectivity index (χ4n) is 4.67. The van der Waals surface area contributed by atoms with Crippen molar-refractivity contribution in [3.8, 4) is 5.69 Å². The Labute approximate surface area is 181 Å². The van der Waals surface area contributed by atoms with Gasteiger partial charge in [-0.05, 0) is 55.0 Å². The van der Waals surface area contributed by atoms with Gasteiger partial charge in [0.1, 0.15) is 5.69 Å².